The van der Waals surface area contributed by atoms with Crippen LogP contribution in [0.5, 0.6) is 0 Å². The zero-order valence-electron chi connectivity index (χ0n) is 31.4. The Morgan fingerprint density at radius 2 is 1.54 bits per heavy atom. The van der Waals surface area contributed by atoms with E-state index in [1.807, 2.05) is 22.2 Å². The summed E-state index contributed by atoms with van der Waals surface area (Å²) in [5, 5.41) is 5.74. The standard InChI is InChI=1S/C42H44N8O6/c1-55-41(54)45-21-36(52)49-23-42(13-14-42)18-35(49)39-43-20-34(46-39)30-10-9-28-15-27(7-8-29(28)16-30)25-3-5-26(6-4-25)33-19-44-40(47-33)38-31-11-12-32(17-31)50(38)37(53)22-48(24-51)56-2/h3-10,15-16,19-20,24,31-32,35,38H,11-14,17-18,21-23H2,1-2H3,(H,43,46)(H,44,47)(H,45,54)/t31-,32-,35-,38-/m0/s1. The smallest absolute Gasteiger partial charge is 0.407 e. The first-order valence-corrected chi connectivity index (χ1v) is 19.2. The number of hydrogen-bond donors (Lipinski definition) is 3. The average Bonchev–Trinajstić information content (AvgIpc) is 3.86. The predicted octanol–water partition coefficient (Wildman–Crippen LogP) is 5.77. The predicted molar refractivity (Wildman–Crippen MR) is 206 cm³/mol. The molecule has 4 fully saturated rings. The minimum absolute atomic E-state index is 0.111. The Labute approximate surface area is 323 Å². The number of imidazole rings is 2. The Morgan fingerprint density at radius 1 is 0.875 bits per heavy atom. The quantitative estimate of drug-likeness (QED) is 0.113. The molecule has 14 nitrogen and oxygen atoms in total. The summed E-state index contributed by atoms with van der Waals surface area (Å²) in [7, 11) is 2.66. The van der Waals surface area contributed by atoms with Crippen molar-refractivity contribution in [2.24, 2.45) is 11.3 Å². The second kappa shape index (κ2) is 14.2. The van der Waals surface area contributed by atoms with Crippen LogP contribution in [-0.4, -0.2) is 99.0 Å². The number of benzene rings is 3. The fraction of sp³-hybridized carbons (Fsp3) is 0.381. The molecule has 288 valence electrons. The molecule has 56 heavy (non-hydrogen) atoms. The summed E-state index contributed by atoms with van der Waals surface area (Å²) in [5.74, 6) is 1.58. The van der Waals surface area contributed by atoms with E-state index < -0.39 is 6.09 Å². The number of rotatable bonds is 11. The van der Waals surface area contributed by atoms with E-state index in [-0.39, 0.29) is 48.4 Å². The molecule has 2 aromatic heterocycles. The van der Waals surface area contributed by atoms with E-state index in [1.165, 1.54) is 14.2 Å². The molecule has 9 rings (SSSR count). The van der Waals surface area contributed by atoms with Crippen LogP contribution in [0.1, 0.15) is 62.3 Å². The van der Waals surface area contributed by atoms with Gasteiger partial charge in [0.1, 0.15) is 24.7 Å². The molecular formula is C42H44N8O6. The number of H-pyrrole nitrogens is 2. The number of likely N-dealkylation sites (tertiary alicyclic amines) is 2. The summed E-state index contributed by atoms with van der Waals surface area (Å²) in [6.45, 7) is 0.435. The maximum atomic E-state index is 13.3. The van der Waals surface area contributed by atoms with E-state index in [9.17, 15) is 19.2 Å². The molecule has 0 unspecified atom stereocenters. The molecule has 2 saturated heterocycles. The summed E-state index contributed by atoms with van der Waals surface area (Å²) in [6, 6.07) is 21.0. The van der Waals surface area contributed by atoms with Gasteiger partial charge in [0.25, 0.3) is 0 Å². The van der Waals surface area contributed by atoms with Crippen molar-refractivity contribution in [2.75, 3.05) is 33.9 Å². The Morgan fingerprint density at radius 3 is 2.25 bits per heavy atom. The third-order valence-electron chi connectivity index (χ3n) is 12.3. The van der Waals surface area contributed by atoms with Gasteiger partial charge in [-0.25, -0.2) is 19.8 Å². The van der Waals surface area contributed by atoms with Gasteiger partial charge >= 0.3 is 6.09 Å². The van der Waals surface area contributed by atoms with Crippen LogP contribution in [0.15, 0.2) is 73.1 Å². The van der Waals surface area contributed by atoms with Crippen molar-refractivity contribution < 1.29 is 28.8 Å². The molecule has 4 amide bonds. The molecule has 2 aliphatic carbocycles. The van der Waals surface area contributed by atoms with Crippen molar-refractivity contribution in [1.82, 2.24) is 40.1 Å². The number of fused-ring (bicyclic) bond motifs is 3. The second-order valence-corrected chi connectivity index (χ2v) is 15.6. The molecule has 3 N–H and O–H groups in total. The molecule has 1 spiro atoms. The van der Waals surface area contributed by atoms with E-state index in [2.05, 4.69) is 80.7 Å². The van der Waals surface area contributed by atoms with E-state index in [0.717, 1.165) is 99.7 Å². The number of aromatic amines is 2. The number of amides is 4. The normalized spacial score (nSPS) is 21.8. The highest BCUT2D eigenvalue weighted by atomic mass is 16.7. The van der Waals surface area contributed by atoms with Gasteiger partial charge in [0.05, 0.1) is 50.1 Å². The molecule has 0 radical (unpaired) electrons. The maximum absolute atomic E-state index is 13.3. The lowest BCUT2D eigenvalue weighted by atomic mass is 9.97. The first kappa shape index (κ1) is 35.7. The fourth-order valence-corrected chi connectivity index (χ4v) is 9.20. The largest absolute Gasteiger partial charge is 0.453 e. The first-order chi connectivity index (χ1) is 27.2. The summed E-state index contributed by atoms with van der Waals surface area (Å²) < 4.78 is 4.64. The minimum Gasteiger partial charge on any atom is -0.453 e. The summed E-state index contributed by atoms with van der Waals surface area (Å²) >= 11 is 0. The Bertz CT molecular complexity index is 2310. The number of alkyl carbamates (subject to hydrolysis) is 1. The van der Waals surface area contributed by atoms with Gasteiger partial charge in [-0.2, -0.15) is 0 Å². The van der Waals surface area contributed by atoms with Gasteiger partial charge in [-0.05, 0) is 89.5 Å². The van der Waals surface area contributed by atoms with Crippen molar-refractivity contribution in [3.8, 4) is 33.6 Å². The lowest BCUT2D eigenvalue weighted by Gasteiger charge is -2.35. The lowest BCUT2D eigenvalue weighted by molar-refractivity contribution is -0.170. The molecule has 14 heteroatoms. The molecule has 3 aromatic carbocycles. The van der Waals surface area contributed by atoms with Crippen LogP contribution in [0.2, 0.25) is 0 Å². The highest BCUT2D eigenvalue weighted by Crippen LogP contribution is 2.58. The molecular weight excluding hydrogens is 713 g/mol. The van der Waals surface area contributed by atoms with Crippen LogP contribution in [-0.2, 0) is 24.0 Å². The Hall–Kier alpha value is -6.02. The number of ether oxygens (including phenoxy) is 1. The van der Waals surface area contributed by atoms with Gasteiger partial charge in [0.15, 0.2) is 0 Å². The second-order valence-electron chi connectivity index (χ2n) is 15.6. The number of nitrogens with zero attached hydrogens (tertiary/aromatic N) is 5. The Kier molecular flexibility index (Phi) is 9.07. The van der Waals surface area contributed by atoms with Gasteiger partial charge < -0.3 is 29.8 Å². The number of carbonyl (C=O) groups excluding carboxylic acids is 4. The van der Waals surface area contributed by atoms with E-state index >= 15 is 0 Å². The van der Waals surface area contributed by atoms with Crippen LogP contribution >= 0.6 is 0 Å². The number of nitrogens with one attached hydrogen (secondary N) is 3. The Balaban J connectivity index is 0.885. The number of methoxy groups -OCH3 is 1. The van der Waals surface area contributed by atoms with E-state index in [1.54, 1.807) is 0 Å². The van der Waals surface area contributed by atoms with Crippen molar-refractivity contribution in [1.29, 1.82) is 0 Å². The van der Waals surface area contributed by atoms with Crippen LogP contribution in [0.3, 0.4) is 0 Å². The van der Waals surface area contributed by atoms with Crippen LogP contribution < -0.4 is 5.32 Å². The van der Waals surface area contributed by atoms with Crippen molar-refractivity contribution >= 4 is 35.1 Å². The summed E-state index contributed by atoms with van der Waals surface area (Å²) in [6.07, 6.45) is 9.57. The van der Waals surface area contributed by atoms with Gasteiger partial charge in [-0.1, -0.05) is 48.5 Å². The third kappa shape index (κ3) is 6.57. The van der Waals surface area contributed by atoms with Crippen molar-refractivity contribution in [3.63, 3.8) is 0 Å². The lowest BCUT2D eigenvalue weighted by Crippen LogP contribution is -2.45. The summed E-state index contributed by atoms with van der Waals surface area (Å²) in [4.78, 5) is 74.5. The van der Waals surface area contributed by atoms with Gasteiger partial charge in [0, 0.05) is 18.2 Å². The van der Waals surface area contributed by atoms with E-state index in [0.29, 0.717) is 18.9 Å². The minimum atomic E-state index is -0.624. The van der Waals surface area contributed by atoms with E-state index in [4.69, 9.17) is 14.8 Å². The molecule has 4 heterocycles. The topological polar surface area (TPSA) is 166 Å². The maximum Gasteiger partial charge on any atom is 0.407 e. The summed E-state index contributed by atoms with van der Waals surface area (Å²) in [5.41, 5.74) is 6.12. The molecule has 4 aliphatic rings. The number of aromatic nitrogens is 4. The number of carbonyl (C=O) groups is 4. The zero-order chi connectivity index (χ0) is 38.6. The monoisotopic (exact) mass is 756 g/mol. The van der Waals surface area contributed by atoms with Crippen molar-refractivity contribution in [2.45, 2.75) is 56.7 Å². The highest BCUT2D eigenvalue weighted by molar-refractivity contribution is 5.91. The number of hydrogen-bond acceptors (Lipinski definition) is 8. The van der Waals surface area contributed by atoms with Gasteiger partial charge in [0.2, 0.25) is 18.2 Å². The van der Waals surface area contributed by atoms with Crippen LogP contribution in [0, 0.1) is 11.3 Å². The highest BCUT2D eigenvalue weighted by Gasteiger charge is 2.54. The zero-order valence-corrected chi connectivity index (χ0v) is 31.4. The average molecular weight is 757 g/mol. The molecule has 4 atom stereocenters. The number of piperidine rings is 1. The third-order valence-corrected chi connectivity index (χ3v) is 12.3. The van der Waals surface area contributed by atoms with Crippen molar-refractivity contribution in [3.05, 3.63) is 84.7 Å². The molecule has 2 bridgehead atoms. The SMILES string of the molecule is COC(=O)NCC(=O)N1CC2(CC2)C[C@H]1c1ncc(-c2ccc3cc(-c4ccc(-c5cnc([C@@H]6[C@H]7CC[C@@H](C7)N6C(=O)CN(C=O)OC)[nH]5)cc4)ccc3c2)[nH]1. The van der Waals surface area contributed by atoms with Gasteiger partial charge in [-0.15, -0.1) is 0 Å². The molecule has 2 saturated carbocycles. The van der Waals surface area contributed by atoms with Gasteiger partial charge in [-0.3, -0.25) is 19.2 Å². The molecule has 2 aliphatic heterocycles. The van der Waals surface area contributed by atoms with Crippen LogP contribution in [0.25, 0.3) is 44.4 Å². The number of hydroxylamine groups is 2. The molecule has 5 aromatic rings. The fourth-order valence-electron chi connectivity index (χ4n) is 9.20. The first-order valence-electron chi connectivity index (χ1n) is 19.2. The van der Waals surface area contributed by atoms with Crippen LogP contribution in [0.4, 0.5) is 4.79 Å².